The van der Waals surface area contributed by atoms with Crippen LogP contribution in [0.4, 0.5) is 5.13 Å². The van der Waals surface area contributed by atoms with E-state index in [1.165, 1.54) is 18.3 Å². The van der Waals surface area contributed by atoms with Gasteiger partial charge >= 0.3 is 0 Å². The minimum absolute atomic E-state index is 0.378. The average Bonchev–Trinajstić information content (AvgIpc) is 2.66. The highest BCUT2D eigenvalue weighted by Gasteiger charge is 2.29. The van der Waals surface area contributed by atoms with Crippen molar-refractivity contribution >= 4 is 22.4 Å². The molecular formula is C12H20N2O2S. The third-order valence-corrected chi connectivity index (χ3v) is 3.31. The molecule has 1 rings (SSSR count). The van der Waals surface area contributed by atoms with E-state index in [4.69, 9.17) is 0 Å². The Balaban J connectivity index is 2.61. The van der Waals surface area contributed by atoms with E-state index in [0.717, 1.165) is 25.0 Å². The Bertz CT molecular complexity index is 374. The lowest BCUT2D eigenvalue weighted by Crippen LogP contribution is -2.39. The van der Waals surface area contributed by atoms with Crippen molar-refractivity contribution in [3.05, 3.63) is 11.1 Å². The first-order valence-corrected chi connectivity index (χ1v) is 6.85. The number of hydrogen-bond acceptors (Lipinski definition) is 4. The molecule has 0 spiro atoms. The van der Waals surface area contributed by atoms with Crippen molar-refractivity contribution in [3.63, 3.8) is 0 Å². The summed E-state index contributed by atoms with van der Waals surface area (Å²) in [6, 6.07) is 0. The van der Waals surface area contributed by atoms with Gasteiger partial charge in [-0.1, -0.05) is 26.7 Å². The molecular weight excluding hydrogens is 236 g/mol. The molecule has 1 atom stereocenters. The fraction of sp³-hybridized carbons (Fsp3) is 0.667. The minimum Gasteiger partial charge on any atom is -0.380 e. The van der Waals surface area contributed by atoms with E-state index in [2.05, 4.69) is 17.2 Å². The molecule has 2 N–H and O–H groups in total. The van der Waals surface area contributed by atoms with Crippen molar-refractivity contribution in [2.75, 3.05) is 5.32 Å². The standard InChI is InChI=1S/C12H20N2O2S/c1-4-6-9-8-17-11(13-9)14-10(15)12(3,16)7-5-2/h8,16H,4-7H2,1-3H3,(H,13,14,15). The number of rotatable bonds is 6. The second-order valence-electron chi connectivity index (χ2n) is 4.37. The molecule has 96 valence electrons. The van der Waals surface area contributed by atoms with Gasteiger partial charge in [-0.2, -0.15) is 0 Å². The van der Waals surface area contributed by atoms with E-state index in [0.29, 0.717) is 11.6 Å². The first-order chi connectivity index (χ1) is 7.99. The van der Waals surface area contributed by atoms with E-state index in [9.17, 15) is 9.90 Å². The maximum absolute atomic E-state index is 11.8. The van der Waals surface area contributed by atoms with Crippen molar-refractivity contribution in [2.24, 2.45) is 0 Å². The van der Waals surface area contributed by atoms with Crippen molar-refractivity contribution in [2.45, 2.75) is 52.1 Å². The fourth-order valence-corrected chi connectivity index (χ4v) is 2.31. The van der Waals surface area contributed by atoms with Crippen LogP contribution in [-0.2, 0) is 11.2 Å². The molecule has 0 aromatic carbocycles. The summed E-state index contributed by atoms with van der Waals surface area (Å²) in [5.41, 5.74) is -0.325. The normalized spacial score (nSPS) is 14.4. The van der Waals surface area contributed by atoms with E-state index in [1.807, 2.05) is 12.3 Å². The fourth-order valence-electron chi connectivity index (χ4n) is 1.57. The van der Waals surface area contributed by atoms with Crippen LogP contribution < -0.4 is 5.32 Å². The third-order valence-electron chi connectivity index (χ3n) is 2.50. The highest BCUT2D eigenvalue weighted by Crippen LogP contribution is 2.20. The predicted octanol–water partition coefficient (Wildman–Crippen LogP) is 2.59. The van der Waals surface area contributed by atoms with Crippen molar-refractivity contribution < 1.29 is 9.90 Å². The van der Waals surface area contributed by atoms with Crippen LogP contribution >= 0.6 is 11.3 Å². The molecule has 0 bridgehead atoms. The Morgan fingerprint density at radius 3 is 2.82 bits per heavy atom. The van der Waals surface area contributed by atoms with Gasteiger partial charge in [0.1, 0.15) is 5.60 Å². The van der Waals surface area contributed by atoms with Gasteiger partial charge in [-0.05, 0) is 19.8 Å². The Morgan fingerprint density at radius 2 is 2.24 bits per heavy atom. The molecule has 1 heterocycles. The lowest BCUT2D eigenvalue weighted by atomic mass is 10.00. The molecule has 1 aromatic rings. The predicted molar refractivity (Wildman–Crippen MR) is 70.3 cm³/mol. The summed E-state index contributed by atoms with van der Waals surface area (Å²) in [6.07, 6.45) is 3.16. The Hall–Kier alpha value is -0.940. The zero-order valence-electron chi connectivity index (χ0n) is 10.6. The van der Waals surface area contributed by atoms with Gasteiger partial charge in [-0.15, -0.1) is 11.3 Å². The number of aromatic nitrogens is 1. The molecule has 0 saturated heterocycles. The van der Waals surface area contributed by atoms with Crippen molar-refractivity contribution in [3.8, 4) is 0 Å². The highest BCUT2D eigenvalue weighted by atomic mass is 32.1. The number of anilines is 1. The van der Waals surface area contributed by atoms with E-state index in [1.54, 1.807) is 0 Å². The Kier molecular flexibility index (Phi) is 5.08. The summed E-state index contributed by atoms with van der Waals surface area (Å²) in [5.74, 6) is -0.378. The Morgan fingerprint density at radius 1 is 1.53 bits per heavy atom. The molecule has 0 saturated carbocycles. The molecule has 5 heteroatoms. The van der Waals surface area contributed by atoms with Crippen LogP contribution in [0, 0.1) is 0 Å². The number of thiazole rings is 1. The molecule has 0 aliphatic heterocycles. The van der Waals surface area contributed by atoms with Crippen molar-refractivity contribution in [1.82, 2.24) is 4.98 Å². The molecule has 0 fully saturated rings. The monoisotopic (exact) mass is 256 g/mol. The topological polar surface area (TPSA) is 62.2 Å². The van der Waals surface area contributed by atoms with Gasteiger partial charge in [0.25, 0.3) is 5.91 Å². The minimum atomic E-state index is -1.31. The summed E-state index contributed by atoms with van der Waals surface area (Å²) >= 11 is 1.40. The highest BCUT2D eigenvalue weighted by molar-refractivity contribution is 7.13. The largest absolute Gasteiger partial charge is 0.380 e. The zero-order valence-corrected chi connectivity index (χ0v) is 11.4. The second-order valence-corrected chi connectivity index (χ2v) is 5.23. The molecule has 0 aliphatic rings. The lowest BCUT2D eigenvalue weighted by molar-refractivity contribution is -0.133. The molecule has 1 aromatic heterocycles. The van der Waals surface area contributed by atoms with E-state index < -0.39 is 5.60 Å². The number of hydrogen-bond donors (Lipinski definition) is 2. The Labute approximate surface area is 106 Å². The van der Waals surface area contributed by atoms with Crippen LogP contribution in [0.15, 0.2) is 5.38 Å². The van der Waals surface area contributed by atoms with Gasteiger partial charge in [0.2, 0.25) is 0 Å². The average molecular weight is 256 g/mol. The van der Waals surface area contributed by atoms with Crippen LogP contribution in [0.3, 0.4) is 0 Å². The van der Waals surface area contributed by atoms with Gasteiger partial charge in [0.15, 0.2) is 5.13 Å². The third kappa shape index (κ3) is 4.09. The maximum Gasteiger partial charge on any atom is 0.257 e. The summed E-state index contributed by atoms with van der Waals surface area (Å²) in [5, 5.41) is 15.1. The van der Waals surface area contributed by atoms with Crippen molar-refractivity contribution in [1.29, 1.82) is 0 Å². The van der Waals surface area contributed by atoms with Gasteiger partial charge < -0.3 is 5.11 Å². The number of amides is 1. The van der Waals surface area contributed by atoms with Gasteiger partial charge in [-0.3, -0.25) is 10.1 Å². The number of nitrogens with one attached hydrogen (secondary N) is 1. The quantitative estimate of drug-likeness (QED) is 0.822. The van der Waals surface area contributed by atoms with Crippen LogP contribution in [-0.4, -0.2) is 21.6 Å². The SMILES string of the molecule is CCCc1csc(NC(=O)C(C)(O)CCC)n1. The number of nitrogens with zero attached hydrogens (tertiary/aromatic N) is 1. The first-order valence-electron chi connectivity index (χ1n) is 5.97. The number of carbonyl (C=O) groups excluding carboxylic acids is 1. The summed E-state index contributed by atoms with van der Waals surface area (Å²) < 4.78 is 0. The molecule has 4 nitrogen and oxygen atoms in total. The number of carbonyl (C=O) groups is 1. The van der Waals surface area contributed by atoms with Gasteiger partial charge in [0, 0.05) is 5.38 Å². The van der Waals surface area contributed by atoms with Crippen LogP contribution in [0.1, 0.15) is 45.7 Å². The first kappa shape index (κ1) is 14.1. The van der Waals surface area contributed by atoms with Gasteiger partial charge in [0.05, 0.1) is 5.69 Å². The number of aryl methyl sites for hydroxylation is 1. The smallest absolute Gasteiger partial charge is 0.257 e. The maximum atomic E-state index is 11.8. The van der Waals surface area contributed by atoms with E-state index in [-0.39, 0.29) is 5.91 Å². The molecule has 0 aliphatic carbocycles. The van der Waals surface area contributed by atoms with E-state index >= 15 is 0 Å². The lowest BCUT2D eigenvalue weighted by Gasteiger charge is -2.20. The summed E-state index contributed by atoms with van der Waals surface area (Å²) in [6.45, 7) is 5.56. The van der Waals surface area contributed by atoms with Gasteiger partial charge in [-0.25, -0.2) is 4.98 Å². The molecule has 1 unspecified atom stereocenters. The second kappa shape index (κ2) is 6.12. The van der Waals surface area contributed by atoms with Crippen LogP contribution in [0.25, 0.3) is 0 Å². The molecule has 17 heavy (non-hydrogen) atoms. The van der Waals surface area contributed by atoms with Crippen LogP contribution in [0.2, 0.25) is 0 Å². The number of aliphatic hydroxyl groups is 1. The molecule has 1 amide bonds. The van der Waals surface area contributed by atoms with Crippen LogP contribution in [0.5, 0.6) is 0 Å². The summed E-state index contributed by atoms with van der Waals surface area (Å²) in [7, 11) is 0. The zero-order chi connectivity index (χ0) is 12.9. The summed E-state index contributed by atoms with van der Waals surface area (Å²) in [4.78, 5) is 16.1. The molecule has 0 radical (unpaired) electrons.